The van der Waals surface area contributed by atoms with Gasteiger partial charge in [0, 0.05) is 16.0 Å². The molecule has 0 saturated carbocycles. The van der Waals surface area contributed by atoms with E-state index in [1.807, 2.05) is 23.9 Å². The van der Waals surface area contributed by atoms with Crippen molar-refractivity contribution in [1.29, 1.82) is 0 Å². The highest BCUT2D eigenvalue weighted by molar-refractivity contribution is 7.98. The molecule has 1 amide bonds. The van der Waals surface area contributed by atoms with Crippen molar-refractivity contribution >= 4 is 45.5 Å². The molecule has 1 fully saturated rings. The van der Waals surface area contributed by atoms with Crippen LogP contribution in [0, 0.1) is 0 Å². The summed E-state index contributed by atoms with van der Waals surface area (Å²) in [4.78, 5) is 19.7. The Kier molecular flexibility index (Phi) is 4.95. The molecule has 21 heavy (non-hydrogen) atoms. The number of hydrogen-bond donors (Lipinski definition) is 2. The van der Waals surface area contributed by atoms with Crippen molar-refractivity contribution in [2.24, 2.45) is 0 Å². The van der Waals surface area contributed by atoms with Crippen LogP contribution in [0.2, 0.25) is 0 Å². The lowest BCUT2D eigenvalue weighted by atomic mass is 9.97. The minimum atomic E-state index is -0.0550. The number of thiazole rings is 1. The van der Waals surface area contributed by atoms with E-state index in [4.69, 9.17) is 0 Å². The van der Waals surface area contributed by atoms with Crippen LogP contribution in [-0.4, -0.2) is 30.2 Å². The van der Waals surface area contributed by atoms with Crippen molar-refractivity contribution in [3.63, 3.8) is 0 Å². The van der Waals surface area contributed by atoms with Crippen molar-refractivity contribution < 1.29 is 4.79 Å². The number of thiophene rings is 1. The van der Waals surface area contributed by atoms with Gasteiger partial charge in [0.2, 0.25) is 0 Å². The molecule has 3 heterocycles. The number of hydrogen-bond acceptors (Lipinski definition) is 6. The van der Waals surface area contributed by atoms with E-state index in [9.17, 15) is 4.79 Å². The molecule has 0 radical (unpaired) electrons. The Morgan fingerprint density at radius 1 is 1.48 bits per heavy atom. The minimum Gasteiger partial charge on any atom is -0.317 e. The summed E-state index contributed by atoms with van der Waals surface area (Å²) in [7, 11) is 0. The molecule has 0 aromatic carbocycles. The van der Waals surface area contributed by atoms with Gasteiger partial charge in [-0.1, -0.05) is 0 Å². The molecule has 3 rings (SSSR count). The van der Waals surface area contributed by atoms with Gasteiger partial charge in [-0.25, -0.2) is 4.98 Å². The largest absolute Gasteiger partial charge is 0.317 e. The number of piperidine rings is 1. The standard InChI is InChI=1S/C14H17N3OS3/c1-19-10-4-7-20-12(10)13(18)17-14-16-8-11(21-14)9-2-5-15-6-3-9/h4,7-9,15H,2-3,5-6H2,1H3,(H,16,17,18). The Balaban J connectivity index is 1.68. The first-order valence-electron chi connectivity index (χ1n) is 6.87. The number of aromatic nitrogens is 1. The molecular formula is C14H17N3OS3. The Hall–Kier alpha value is -0.890. The molecule has 2 N–H and O–H groups in total. The number of amides is 1. The number of carbonyl (C=O) groups is 1. The normalized spacial score (nSPS) is 16.0. The first-order valence-corrected chi connectivity index (χ1v) is 9.79. The summed E-state index contributed by atoms with van der Waals surface area (Å²) >= 11 is 4.67. The molecule has 0 atom stereocenters. The van der Waals surface area contributed by atoms with E-state index in [-0.39, 0.29) is 5.91 Å². The fourth-order valence-electron chi connectivity index (χ4n) is 2.42. The van der Waals surface area contributed by atoms with E-state index in [2.05, 4.69) is 15.6 Å². The molecule has 7 heteroatoms. The van der Waals surface area contributed by atoms with Gasteiger partial charge in [-0.2, -0.15) is 0 Å². The van der Waals surface area contributed by atoms with E-state index in [0.29, 0.717) is 11.0 Å². The van der Waals surface area contributed by atoms with Gasteiger partial charge in [0.1, 0.15) is 4.88 Å². The van der Waals surface area contributed by atoms with Crippen molar-refractivity contribution in [3.05, 3.63) is 27.4 Å². The maximum absolute atomic E-state index is 12.3. The van der Waals surface area contributed by atoms with Crippen LogP contribution in [0.5, 0.6) is 0 Å². The highest BCUT2D eigenvalue weighted by atomic mass is 32.2. The minimum absolute atomic E-state index is 0.0550. The van der Waals surface area contributed by atoms with Crippen molar-refractivity contribution in [2.45, 2.75) is 23.7 Å². The maximum Gasteiger partial charge on any atom is 0.268 e. The number of rotatable bonds is 4. The van der Waals surface area contributed by atoms with Crippen LogP contribution in [0.4, 0.5) is 5.13 Å². The molecule has 4 nitrogen and oxygen atoms in total. The molecule has 0 aliphatic carbocycles. The molecule has 0 bridgehead atoms. The van der Waals surface area contributed by atoms with Gasteiger partial charge in [-0.15, -0.1) is 34.4 Å². The van der Waals surface area contributed by atoms with Gasteiger partial charge in [-0.05, 0) is 49.6 Å². The number of thioether (sulfide) groups is 1. The first-order chi connectivity index (χ1) is 10.3. The summed E-state index contributed by atoms with van der Waals surface area (Å²) in [5.41, 5.74) is 0. The third kappa shape index (κ3) is 3.48. The summed E-state index contributed by atoms with van der Waals surface area (Å²) in [5, 5.41) is 8.95. The van der Waals surface area contributed by atoms with E-state index >= 15 is 0 Å². The molecule has 1 aliphatic rings. The third-order valence-electron chi connectivity index (χ3n) is 3.54. The van der Waals surface area contributed by atoms with Crippen molar-refractivity contribution in [1.82, 2.24) is 10.3 Å². The Bertz CT molecular complexity index is 617. The van der Waals surface area contributed by atoms with Crippen LogP contribution < -0.4 is 10.6 Å². The summed E-state index contributed by atoms with van der Waals surface area (Å²) in [6.45, 7) is 2.13. The lowest BCUT2D eigenvalue weighted by Gasteiger charge is -2.20. The van der Waals surface area contributed by atoms with E-state index in [0.717, 1.165) is 35.7 Å². The average molecular weight is 340 g/mol. The van der Waals surface area contributed by atoms with Crippen LogP contribution in [0.3, 0.4) is 0 Å². The second-order valence-electron chi connectivity index (χ2n) is 4.86. The lowest BCUT2D eigenvalue weighted by molar-refractivity contribution is 0.102. The predicted octanol–water partition coefficient (Wildman–Crippen LogP) is 3.65. The zero-order chi connectivity index (χ0) is 14.7. The lowest BCUT2D eigenvalue weighted by Crippen LogP contribution is -2.26. The Morgan fingerprint density at radius 3 is 3.05 bits per heavy atom. The molecule has 0 unspecified atom stereocenters. The van der Waals surface area contributed by atoms with Gasteiger partial charge in [0.05, 0.1) is 0 Å². The topological polar surface area (TPSA) is 54.0 Å². The van der Waals surface area contributed by atoms with Gasteiger partial charge in [0.15, 0.2) is 5.13 Å². The summed E-state index contributed by atoms with van der Waals surface area (Å²) in [6.07, 6.45) is 6.20. The fraction of sp³-hybridized carbons (Fsp3) is 0.429. The van der Waals surface area contributed by atoms with Crippen LogP contribution in [0.1, 0.15) is 33.3 Å². The van der Waals surface area contributed by atoms with Gasteiger partial charge >= 0.3 is 0 Å². The Morgan fingerprint density at radius 2 is 2.29 bits per heavy atom. The average Bonchev–Trinajstić information content (AvgIpc) is 3.16. The van der Waals surface area contributed by atoms with Gasteiger partial charge in [-0.3, -0.25) is 10.1 Å². The molecule has 0 spiro atoms. The number of nitrogens with one attached hydrogen (secondary N) is 2. The Labute approximate surface area is 136 Å². The van der Waals surface area contributed by atoms with E-state index < -0.39 is 0 Å². The smallest absolute Gasteiger partial charge is 0.268 e. The van der Waals surface area contributed by atoms with Crippen molar-refractivity contribution in [2.75, 3.05) is 24.7 Å². The molecule has 2 aromatic heterocycles. The number of carbonyl (C=O) groups excluding carboxylic acids is 1. The second-order valence-corrected chi connectivity index (χ2v) is 7.69. The number of anilines is 1. The van der Waals surface area contributed by atoms with Crippen molar-refractivity contribution in [3.8, 4) is 0 Å². The molecule has 1 aliphatic heterocycles. The van der Waals surface area contributed by atoms with Crippen LogP contribution >= 0.6 is 34.4 Å². The monoisotopic (exact) mass is 339 g/mol. The SMILES string of the molecule is CSc1ccsc1C(=O)Nc1ncc(C2CCNCC2)s1. The first kappa shape index (κ1) is 15.0. The molecule has 2 aromatic rings. The summed E-state index contributed by atoms with van der Waals surface area (Å²) in [5.74, 6) is 0.526. The number of nitrogens with zero attached hydrogens (tertiary/aromatic N) is 1. The fourth-order valence-corrected chi connectivity index (χ4v) is 5.04. The second kappa shape index (κ2) is 6.91. The quantitative estimate of drug-likeness (QED) is 0.835. The zero-order valence-corrected chi connectivity index (χ0v) is 14.2. The molecule has 1 saturated heterocycles. The van der Waals surface area contributed by atoms with E-state index in [1.165, 1.54) is 16.2 Å². The third-order valence-corrected chi connectivity index (χ3v) is 6.44. The van der Waals surface area contributed by atoms with Gasteiger partial charge in [0.25, 0.3) is 5.91 Å². The summed E-state index contributed by atoms with van der Waals surface area (Å²) in [6, 6.07) is 1.98. The summed E-state index contributed by atoms with van der Waals surface area (Å²) < 4.78 is 0. The van der Waals surface area contributed by atoms with Crippen LogP contribution in [0.15, 0.2) is 22.5 Å². The van der Waals surface area contributed by atoms with E-state index in [1.54, 1.807) is 23.1 Å². The molecule has 112 valence electrons. The van der Waals surface area contributed by atoms with Gasteiger partial charge < -0.3 is 5.32 Å². The molecular weight excluding hydrogens is 322 g/mol. The van der Waals surface area contributed by atoms with Crippen LogP contribution in [0.25, 0.3) is 0 Å². The van der Waals surface area contributed by atoms with Crippen LogP contribution in [-0.2, 0) is 0 Å². The highest BCUT2D eigenvalue weighted by Gasteiger charge is 2.19. The highest BCUT2D eigenvalue weighted by Crippen LogP contribution is 2.32. The maximum atomic E-state index is 12.3. The zero-order valence-electron chi connectivity index (χ0n) is 11.7. The predicted molar refractivity (Wildman–Crippen MR) is 91.0 cm³/mol.